The Hall–Kier alpha value is -2.78. The topological polar surface area (TPSA) is 71.2 Å². The van der Waals surface area contributed by atoms with Gasteiger partial charge in [0.05, 0.1) is 35.4 Å². The van der Waals surface area contributed by atoms with Gasteiger partial charge in [-0.25, -0.2) is 9.18 Å². The molecule has 0 aliphatic carbocycles. The Morgan fingerprint density at radius 3 is 2.78 bits per heavy atom. The summed E-state index contributed by atoms with van der Waals surface area (Å²) in [6, 6.07) is 6.43. The van der Waals surface area contributed by atoms with E-state index in [1.165, 1.54) is 13.2 Å². The van der Waals surface area contributed by atoms with Crippen molar-refractivity contribution in [2.45, 2.75) is 18.9 Å². The fraction of sp³-hybridized carbons (Fsp3) is 0.348. The Kier molecular flexibility index (Phi) is 5.46. The molecule has 9 heteroatoms. The van der Waals surface area contributed by atoms with Gasteiger partial charge < -0.3 is 18.6 Å². The van der Waals surface area contributed by atoms with Crippen LogP contribution in [0.15, 0.2) is 41.1 Å². The molecule has 166 valence electrons. The van der Waals surface area contributed by atoms with Gasteiger partial charge in [0.2, 0.25) is 0 Å². The third-order valence-corrected chi connectivity index (χ3v) is 6.68. The highest BCUT2D eigenvalue weighted by atomic mass is 79.9. The first-order chi connectivity index (χ1) is 15.5. The molecule has 0 aromatic carbocycles. The zero-order valence-electron chi connectivity index (χ0n) is 17.7. The third-order valence-electron chi connectivity index (χ3n) is 6.24. The second-order valence-corrected chi connectivity index (χ2v) is 8.89. The SMILES string of the molecule is COC(=O)c1cc2c(c3ncc(Br)cc3n2C(c2ncccc2F)C2CCOCC2)n1C. The van der Waals surface area contributed by atoms with Crippen LogP contribution < -0.4 is 0 Å². The molecular weight excluding hydrogens is 479 g/mol. The van der Waals surface area contributed by atoms with Gasteiger partial charge in [-0.2, -0.15) is 0 Å². The number of carbonyl (C=O) groups is 1. The minimum Gasteiger partial charge on any atom is -0.464 e. The molecule has 4 aromatic heterocycles. The fourth-order valence-electron chi connectivity index (χ4n) is 4.78. The maximum atomic E-state index is 15.1. The Morgan fingerprint density at radius 1 is 1.28 bits per heavy atom. The van der Waals surface area contributed by atoms with Crippen molar-refractivity contribution in [2.24, 2.45) is 13.0 Å². The first kappa shape index (κ1) is 21.1. The molecule has 7 nitrogen and oxygen atoms in total. The number of aryl methyl sites for hydroxylation is 1. The monoisotopic (exact) mass is 500 g/mol. The molecule has 1 unspecified atom stereocenters. The van der Waals surface area contributed by atoms with E-state index in [-0.39, 0.29) is 17.8 Å². The summed E-state index contributed by atoms with van der Waals surface area (Å²) in [5, 5.41) is 0. The molecule has 1 saturated heterocycles. The second kappa shape index (κ2) is 8.29. The van der Waals surface area contributed by atoms with Crippen LogP contribution in [-0.4, -0.2) is 45.4 Å². The van der Waals surface area contributed by atoms with E-state index in [9.17, 15) is 4.79 Å². The molecule has 1 aliphatic heterocycles. The lowest BCUT2D eigenvalue weighted by molar-refractivity contribution is 0.0543. The maximum absolute atomic E-state index is 15.1. The van der Waals surface area contributed by atoms with E-state index < -0.39 is 5.97 Å². The molecule has 5 heterocycles. The van der Waals surface area contributed by atoms with Crippen LogP contribution in [0.25, 0.3) is 22.1 Å². The molecule has 0 radical (unpaired) electrons. The standard InChI is InChI=1S/C23H22BrFN4O3/c1-28-18(23(30)31-2)11-17-22(28)20-16(10-14(24)12-27-20)29(17)21(13-5-8-32-9-6-13)19-15(25)4-3-7-26-19/h3-4,7,10-13,21H,5-6,8-9H2,1-2H3. The van der Waals surface area contributed by atoms with Crippen molar-refractivity contribution < 1.29 is 18.7 Å². The van der Waals surface area contributed by atoms with Crippen LogP contribution in [0.3, 0.4) is 0 Å². The summed E-state index contributed by atoms with van der Waals surface area (Å²) in [4.78, 5) is 21.5. The summed E-state index contributed by atoms with van der Waals surface area (Å²) in [5.41, 5.74) is 3.94. The third kappa shape index (κ3) is 3.31. The Bertz CT molecular complexity index is 1330. The predicted octanol–water partition coefficient (Wildman–Crippen LogP) is 4.63. The smallest absolute Gasteiger partial charge is 0.354 e. The molecule has 0 saturated carbocycles. The average molecular weight is 501 g/mol. The molecule has 1 aliphatic rings. The summed E-state index contributed by atoms with van der Waals surface area (Å²) in [6.07, 6.45) is 4.90. The molecule has 5 rings (SSSR count). The quantitative estimate of drug-likeness (QED) is 0.382. The average Bonchev–Trinajstić information content (AvgIpc) is 3.30. The number of esters is 1. The van der Waals surface area contributed by atoms with Crippen molar-refractivity contribution in [3.05, 3.63) is 58.3 Å². The normalized spacial score (nSPS) is 16.0. The number of ether oxygens (including phenoxy) is 2. The highest BCUT2D eigenvalue weighted by Gasteiger charge is 2.34. The fourth-order valence-corrected chi connectivity index (χ4v) is 5.10. The summed E-state index contributed by atoms with van der Waals surface area (Å²) in [6.45, 7) is 1.23. The summed E-state index contributed by atoms with van der Waals surface area (Å²) in [5.74, 6) is -0.689. The summed E-state index contributed by atoms with van der Waals surface area (Å²) < 4.78 is 30.4. The minimum absolute atomic E-state index is 0.104. The van der Waals surface area contributed by atoms with Crippen LogP contribution in [0.2, 0.25) is 0 Å². The number of methoxy groups -OCH3 is 1. The Morgan fingerprint density at radius 2 is 2.06 bits per heavy atom. The van der Waals surface area contributed by atoms with Gasteiger partial charge in [-0.1, -0.05) is 0 Å². The molecule has 0 bridgehead atoms. The molecule has 0 amide bonds. The van der Waals surface area contributed by atoms with E-state index in [1.54, 1.807) is 29.1 Å². The molecule has 1 fully saturated rings. The minimum atomic E-state index is -0.438. The van der Waals surface area contributed by atoms with Crippen molar-refractivity contribution in [1.82, 2.24) is 19.1 Å². The van der Waals surface area contributed by atoms with Crippen LogP contribution in [-0.2, 0) is 16.5 Å². The predicted molar refractivity (Wildman–Crippen MR) is 121 cm³/mol. The number of pyridine rings is 2. The van der Waals surface area contributed by atoms with Crippen molar-refractivity contribution in [3.63, 3.8) is 0 Å². The Labute approximate surface area is 192 Å². The Balaban J connectivity index is 1.87. The van der Waals surface area contributed by atoms with Gasteiger partial charge in [-0.3, -0.25) is 9.97 Å². The van der Waals surface area contributed by atoms with Crippen LogP contribution in [0.1, 0.15) is 35.1 Å². The van der Waals surface area contributed by atoms with E-state index >= 15 is 4.39 Å². The lowest BCUT2D eigenvalue weighted by Gasteiger charge is -2.32. The molecule has 4 aromatic rings. The molecular formula is C23H22BrFN4O3. The zero-order chi connectivity index (χ0) is 22.4. The molecule has 32 heavy (non-hydrogen) atoms. The van der Waals surface area contributed by atoms with Crippen molar-refractivity contribution in [1.29, 1.82) is 0 Å². The largest absolute Gasteiger partial charge is 0.464 e. The number of hydrogen-bond donors (Lipinski definition) is 0. The van der Waals surface area contributed by atoms with Crippen LogP contribution in [0, 0.1) is 11.7 Å². The summed E-state index contributed by atoms with van der Waals surface area (Å²) >= 11 is 3.53. The number of rotatable bonds is 4. The van der Waals surface area contributed by atoms with Gasteiger partial charge in [0.15, 0.2) is 0 Å². The molecule has 1 atom stereocenters. The zero-order valence-corrected chi connectivity index (χ0v) is 19.3. The van der Waals surface area contributed by atoms with Gasteiger partial charge in [0.25, 0.3) is 0 Å². The highest BCUT2D eigenvalue weighted by Crippen LogP contribution is 2.41. The van der Waals surface area contributed by atoms with E-state index in [2.05, 4.69) is 30.5 Å². The van der Waals surface area contributed by atoms with E-state index in [0.717, 1.165) is 39.4 Å². The van der Waals surface area contributed by atoms with E-state index in [0.29, 0.717) is 24.6 Å². The summed E-state index contributed by atoms with van der Waals surface area (Å²) in [7, 11) is 3.17. The number of fused-ring (bicyclic) bond motifs is 3. The van der Waals surface area contributed by atoms with Gasteiger partial charge in [0, 0.05) is 37.1 Å². The van der Waals surface area contributed by atoms with E-state index in [4.69, 9.17) is 9.47 Å². The second-order valence-electron chi connectivity index (χ2n) is 7.97. The lowest BCUT2D eigenvalue weighted by Crippen LogP contribution is -2.28. The van der Waals surface area contributed by atoms with Crippen LogP contribution >= 0.6 is 15.9 Å². The van der Waals surface area contributed by atoms with Crippen molar-refractivity contribution in [3.8, 4) is 0 Å². The number of nitrogens with zero attached hydrogens (tertiary/aromatic N) is 4. The number of aromatic nitrogens is 4. The first-order valence-electron chi connectivity index (χ1n) is 10.4. The maximum Gasteiger partial charge on any atom is 0.354 e. The number of halogens is 2. The number of hydrogen-bond acceptors (Lipinski definition) is 5. The highest BCUT2D eigenvalue weighted by molar-refractivity contribution is 9.10. The van der Waals surface area contributed by atoms with Crippen molar-refractivity contribution >= 4 is 44.0 Å². The van der Waals surface area contributed by atoms with Crippen LogP contribution in [0.5, 0.6) is 0 Å². The molecule has 0 spiro atoms. The van der Waals surface area contributed by atoms with Gasteiger partial charge >= 0.3 is 5.97 Å². The lowest BCUT2D eigenvalue weighted by atomic mass is 9.88. The number of carbonyl (C=O) groups excluding carboxylic acids is 1. The van der Waals surface area contributed by atoms with Gasteiger partial charge in [-0.15, -0.1) is 0 Å². The van der Waals surface area contributed by atoms with Crippen molar-refractivity contribution in [2.75, 3.05) is 20.3 Å². The van der Waals surface area contributed by atoms with E-state index in [1.807, 2.05) is 13.1 Å². The van der Waals surface area contributed by atoms with Gasteiger partial charge in [0.1, 0.15) is 17.0 Å². The van der Waals surface area contributed by atoms with Crippen LogP contribution in [0.4, 0.5) is 4.39 Å². The molecule has 0 N–H and O–H groups in total. The first-order valence-corrected chi connectivity index (χ1v) is 11.2. The van der Waals surface area contributed by atoms with Gasteiger partial charge in [-0.05, 0) is 59.0 Å².